The highest BCUT2D eigenvalue weighted by Gasteiger charge is 2.32. The lowest BCUT2D eigenvalue weighted by molar-refractivity contribution is 0.0250. The average molecular weight is 246 g/mol. The molecule has 0 amide bonds. The minimum absolute atomic E-state index is 0.244. The van der Waals surface area contributed by atoms with Crippen LogP contribution in [0.4, 0.5) is 0 Å². The van der Waals surface area contributed by atoms with Crippen LogP contribution >= 0.6 is 0 Å². The zero-order valence-electron chi connectivity index (χ0n) is 9.69. The van der Waals surface area contributed by atoms with Crippen LogP contribution in [0, 0.1) is 11.3 Å². The summed E-state index contributed by atoms with van der Waals surface area (Å²) in [5, 5.41) is 7.74. The van der Waals surface area contributed by atoms with Gasteiger partial charge in [-0.15, -0.1) is 0 Å². The molecular formula is C10H18N2O3S. The predicted molar refractivity (Wildman–Crippen MR) is 60.2 cm³/mol. The lowest BCUT2D eigenvalue weighted by Gasteiger charge is -2.23. The molecule has 0 bridgehead atoms. The van der Waals surface area contributed by atoms with Gasteiger partial charge in [0.1, 0.15) is 0 Å². The van der Waals surface area contributed by atoms with Crippen molar-refractivity contribution >= 4 is 10.0 Å². The van der Waals surface area contributed by atoms with Crippen molar-refractivity contribution in [2.24, 2.45) is 0 Å². The molecule has 1 aliphatic rings. The summed E-state index contributed by atoms with van der Waals surface area (Å²) in [5.74, 6) is 0. The monoisotopic (exact) mass is 246 g/mol. The molecule has 2 atom stereocenters. The molecule has 0 aromatic carbocycles. The van der Waals surface area contributed by atoms with Gasteiger partial charge in [0.05, 0.1) is 11.7 Å². The number of nitrogens with zero attached hydrogens (tertiary/aromatic N) is 1. The topological polar surface area (TPSA) is 79.2 Å². The van der Waals surface area contributed by atoms with Gasteiger partial charge in [-0.25, -0.2) is 13.1 Å². The van der Waals surface area contributed by atoms with E-state index in [0.717, 1.165) is 12.8 Å². The Bertz CT molecular complexity index is 366. The number of nitrogens with one attached hydrogen (secondary N) is 1. The van der Waals surface area contributed by atoms with E-state index in [-0.39, 0.29) is 6.54 Å². The molecule has 0 aliphatic carbocycles. The number of ether oxygens (including phenoxy) is 1. The van der Waals surface area contributed by atoms with E-state index >= 15 is 0 Å². The van der Waals surface area contributed by atoms with Gasteiger partial charge in [-0.3, -0.25) is 0 Å². The zero-order chi connectivity index (χ0) is 12.2. The third-order valence-electron chi connectivity index (χ3n) is 2.84. The summed E-state index contributed by atoms with van der Waals surface area (Å²) in [6.45, 7) is 4.48. The quantitative estimate of drug-likeness (QED) is 0.777. The van der Waals surface area contributed by atoms with E-state index in [1.165, 1.54) is 0 Å². The number of hydrogen-bond acceptors (Lipinski definition) is 4. The number of nitriles is 1. The molecular weight excluding hydrogens is 228 g/mol. The largest absolute Gasteiger partial charge is 0.374 e. The molecule has 92 valence electrons. The molecule has 0 aromatic rings. The van der Waals surface area contributed by atoms with Crippen molar-refractivity contribution < 1.29 is 13.2 Å². The van der Waals surface area contributed by atoms with E-state index in [9.17, 15) is 8.42 Å². The van der Waals surface area contributed by atoms with Gasteiger partial charge in [0.2, 0.25) is 10.0 Å². The van der Waals surface area contributed by atoms with Crippen LogP contribution in [-0.2, 0) is 14.8 Å². The van der Waals surface area contributed by atoms with Gasteiger partial charge in [-0.2, -0.15) is 5.26 Å². The standard InChI is InChI=1S/C10H18N2O3S/c1-3-9(7-11)16(13,14)12-8-10(2)5-4-6-15-10/h9,12H,3-6,8H2,1-2H3. The minimum atomic E-state index is -3.54. The lowest BCUT2D eigenvalue weighted by Crippen LogP contribution is -2.43. The van der Waals surface area contributed by atoms with Gasteiger partial charge in [-0.1, -0.05) is 6.92 Å². The summed E-state index contributed by atoms with van der Waals surface area (Å²) < 4.78 is 31.3. The molecule has 0 saturated carbocycles. The van der Waals surface area contributed by atoms with Crippen LogP contribution < -0.4 is 4.72 Å². The summed E-state index contributed by atoms with van der Waals surface area (Å²) in [6.07, 6.45) is 2.09. The molecule has 1 rings (SSSR count). The Labute approximate surface area is 96.8 Å². The van der Waals surface area contributed by atoms with Crippen molar-refractivity contribution in [1.82, 2.24) is 4.72 Å². The maximum Gasteiger partial charge on any atom is 0.228 e. The van der Waals surface area contributed by atoms with E-state index < -0.39 is 20.9 Å². The summed E-state index contributed by atoms with van der Waals surface area (Å²) in [4.78, 5) is 0. The van der Waals surface area contributed by atoms with Crippen LogP contribution in [0.2, 0.25) is 0 Å². The molecule has 6 heteroatoms. The van der Waals surface area contributed by atoms with Crippen molar-refractivity contribution in [2.45, 2.75) is 44.0 Å². The zero-order valence-corrected chi connectivity index (χ0v) is 10.5. The Balaban J connectivity index is 2.57. The minimum Gasteiger partial charge on any atom is -0.374 e. The maximum absolute atomic E-state index is 11.7. The van der Waals surface area contributed by atoms with E-state index in [4.69, 9.17) is 10.00 Å². The van der Waals surface area contributed by atoms with Crippen molar-refractivity contribution in [3.63, 3.8) is 0 Å². The predicted octanol–water partition coefficient (Wildman–Crippen LogP) is 0.777. The highest BCUT2D eigenvalue weighted by molar-refractivity contribution is 7.90. The van der Waals surface area contributed by atoms with Gasteiger partial charge in [0, 0.05) is 13.2 Å². The first-order valence-corrected chi connectivity index (χ1v) is 7.00. The molecule has 1 heterocycles. The molecule has 2 unspecified atom stereocenters. The summed E-state index contributed by atoms with van der Waals surface area (Å²) in [5.41, 5.74) is -0.416. The van der Waals surface area contributed by atoms with Crippen LogP contribution in [0.15, 0.2) is 0 Å². The van der Waals surface area contributed by atoms with E-state index in [2.05, 4.69) is 4.72 Å². The molecule has 5 nitrogen and oxygen atoms in total. The Morgan fingerprint density at radius 3 is 2.75 bits per heavy atom. The summed E-state index contributed by atoms with van der Waals surface area (Å²) in [6, 6.07) is 1.79. The Morgan fingerprint density at radius 1 is 1.62 bits per heavy atom. The van der Waals surface area contributed by atoms with E-state index in [1.807, 2.05) is 6.92 Å². The first kappa shape index (κ1) is 13.4. The van der Waals surface area contributed by atoms with Crippen LogP contribution in [-0.4, -0.2) is 32.4 Å². The first-order chi connectivity index (χ1) is 7.43. The van der Waals surface area contributed by atoms with Gasteiger partial charge in [0.25, 0.3) is 0 Å². The normalized spacial score (nSPS) is 27.6. The van der Waals surface area contributed by atoms with Crippen molar-refractivity contribution in [1.29, 1.82) is 5.26 Å². The highest BCUT2D eigenvalue weighted by atomic mass is 32.2. The van der Waals surface area contributed by atoms with E-state index in [1.54, 1.807) is 13.0 Å². The van der Waals surface area contributed by atoms with Gasteiger partial charge >= 0.3 is 0 Å². The van der Waals surface area contributed by atoms with Crippen LogP contribution in [0.1, 0.15) is 33.1 Å². The van der Waals surface area contributed by atoms with Gasteiger partial charge < -0.3 is 4.74 Å². The highest BCUT2D eigenvalue weighted by Crippen LogP contribution is 2.24. The number of hydrogen-bond donors (Lipinski definition) is 1. The lowest BCUT2D eigenvalue weighted by atomic mass is 10.0. The molecule has 0 aromatic heterocycles. The maximum atomic E-state index is 11.7. The smallest absolute Gasteiger partial charge is 0.228 e. The second-order valence-corrected chi connectivity index (χ2v) is 6.24. The molecule has 0 radical (unpaired) electrons. The Kier molecular flexibility index (Phi) is 4.30. The fourth-order valence-electron chi connectivity index (χ4n) is 1.71. The molecule has 1 N–H and O–H groups in total. The Hall–Kier alpha value is -0.640. The first-order valence-electron chi connectivity index (χ1n) is 5.45. The van der Waals surface area contributed by atoms with Crippen molar-refractivity contribution in [3.05, 3.63) is 0 Å². The van der Waals surface area contributed by atoms with Crippen LogP contribution in [0.3, 0.4) is 0 Å². The van der Waals surface area contributed by atoms with E-state index in [0.29, 0.717) is 13.0 Å². The SMILES string of the molecule is CCC(C#N)S(=O)(=O)NCC1(C)CCCO1. The molecule has 16 heavy (non-hydrogen) atoms. The summed E-state index contributed by atoms with van der Waals surface area (Å²) in [7, 11) is -3.54. The molecule has 1 fully saturated rings. The third-order valence-corrected chi connectivity index (χ3v) is 4.57. The van der Waals surface area contributed by atoms with Gasteiger partial charge in [0.15, 0.2) is 5.25 Å². The molecule has 0 spiro atoms. The van der Waals surface area contributed by atoms with Crippen molar-refractivity contribution in [2.75, 3.05) is 13.2 Å². The number of sulfonamides is 1. The molecule has 1 saturated heterocycles. The second kappa shape index (κ2) is 5.13. The fourth-order valence-corrected chi connectivity index (χ4v) is 3.00. The average Bonchev–Trinajstić information content (AvgIpc) is 2.65. The molecule has 1 aliphatic heterocycles. The fraction of sp³-hybridized carbons (Fsp3) is 0.900. The van der Waals surface area contributed by atoms with Crippen molar-refractivity contribution in [3.8, 4) is 6.07 Å². The summed E-state index contributed by atoms with van der Waals surface area (Å²) >= 11 is 0. The Morgan fingerprint density at radius 2 is 2.31 bits per heavy atom. The third kappa shape index (κ3) is 3.17. The van der Waals surface area contributed by atoms with Crippen LogP contribution in [0.25, 0.3) is 0 Å². The number of rotatable bonds is 5. The second-order valence-electron chi connectivity index (χ2n) is 4.29. The van der Waals surface area contributed by atoms with Gasteiger partial charge in [-0.05, 0) is 26.2 Å². The van der Waals surface area contributed by atoms with Crippen LogP contribution in [0.5, 0.6) is 0 Å².